The van der Waals surface area contributed by atoms with E-state index in [1.165, 1.54) is 11.8 Å². The number of anilines is 1. The van der Waals surface area contributed by atoms with Crippen molar-refractivity contribution in [3.63, 3.8) is 0 Å². The molecule has 0 bridgehead atoms. The van der Waals surface area contributed by atoms with Crippen molar-refractivity contribution < 1.29 is 13.2 Å². The number of benzene rings is 1. The number of thioether (sulfide) groups is 1. The summed E-state index contributed by atoms with van der Waals surface area (Å²) in [4.78, 5) is 18.4. The zero-order chi connectivity index (χ0) is 16.6. The number of aliphatic imine (C=N–C) groups is 1. The van der Waals surface area contributed by atoms with Crippen molar-refractivity contribution in [1.29, 1.82) is 0 Å². The van der Waals surface area contributed by atoms with E-state index in [4.69, 9.17) is 0 Å². The highest BCUT2D eigenvalue weighted by atomic mass is 32.2. The molecule has 2 aliphatic heterocycles. The summed E-state index contributed by atoms with van der Waals surface area (Å²) in [5, 5.41) is 0.579. The van der Waals surface area contributed by atoms with Gasteiger partial charge in [-0.15, -0.1) is 0 Å². The lowest BCUT2D eigenvalue weighted by molar-refractivity contribution is -0.121. The molecule has 3 unspecified atom stereocenters. The van der Waals surface area contributed by atoms with Crippen LogP contribution >= 0.6 is 11.8 Å². The highest BCUT2D eigenvalue weighted by Crippen LogP contribution is 2.40. The zero-order valence-electron chi connectivity index (χ0n) is 13.2. The Morgan fingerprint density at radius 3 is 2.70 bits per heavy atom. The molecule has 0 spiro atoms. The topological polar surface area (TPSA) is 66.8 Å². The maximum atomic E-state index is 12.2. The standard InChI is InChI=1S/C16H20N2O3S2/c1-3-11(2)15(19)17-16-18(12-7-5-4-6-8-12)13-9-23(20,21)10-14(13)22-16/h4-8,11,13-14H,3,9-10H2,1-2H3. The summed E-state index contributed by atoms with van der Waals surface area (Å²) in [6, 6.07) is 9.44. The summed E-state index contributed by atoms with van der Waals surface area (Å²) < 4.78 is 23.9. The number of para-hydroxylation sites is 1. The molecule has 2 saturated heterocycles. The predicted octanol–water partition coefficient (Wildman–Crippen LogP) is 2.33. The van der Waals surface area contributed by atoms with Crippen molar-refractivity contribution in [2.75, 3.05) is 16.4 Å². The molecule has 2 fully saturated rings. The molecule has 124 valence electrons. The zero-order valence-corrected chi connectivity index (χ0v) is 14.8. The van der Waals surface area contributed by atoms with Crippen LogP contribution in [0.15, 0.2) is 35.3 Å². The van der Waals surface area contributed by atoms with Crippen molar-refractivity contribution in [2.24, 2.45) is 10.9 Å². The van der Waals surface area contributed by atoms with Gasteiger partial charge < -0.3 is 4.90 Å². The van der Waals surface area contributed by atoms with Crippen LogP contribution in [0, 0.1) is 5.92 Å². The number of hydrogen-bond donors (Lipinski definition) is 0. The lowest BCUT2D eigenvalue weighted by Gasteiger charge is -2.24. The van der Waals surface area contributed by atoms with Crippen LogP contribution in [0.1, 0.15) is 20.3 Å². The molecule has 1 aromatic carbocycles. The fourth-order valence-corrected chi connectivity index (χ4v) is 6.75. The largest absolute Gasteiger partial charge is 0.316 e. The fourth-order valence-electron chi connectivity index (χ4n) is 2.83. The van der Waals surface area contributed by atoms with Gasteiger partial charge in [0.05, 0.1) is 17.5 Å². The highest BCUT2D eigenvalue weighted by Gasteiger charge is 2.49. The van der Waals surface area contributed by atoms with Crippen molar-refractivity contribution >= 4 is 38.4 Å². The van der Waals surface area contributed by atoms with Crippen LogP contribution in [0.4, 0.5) is 5.69 Å². The molecule has 5 nitrogen and oxygen atoms in total. The van der Waals surface area contributed by atoms with Crippen molar-refractivity contribution in [2.45, 2.75) is 31.6 Å². The summed E-state index contributed by atoms with van der Waals surface area (Å²) in [5.74, 6) is 0.0156. The van der Waals surface area contributed by atoms with Crippen LogP contribution in [0.5, 0.6) is 0 Å². The van der Waals surface area contributed by atoms with Crippen molar-refractivity contribution in [1.82, 2.24) is 0 Å². The Kier molecular flexibility index (Phi) is 4.51. The van der Waals surface area contributed by atoms with Crippen molar-refractivity contribution in [3.05, 3.63) is 30.3 Å². The van der Waals surface area contributed by atoms with E-state index in [0.29, 0.717) is 5.17 Å². The third-order valence-corrected chi connectivity index (χ3v) is 7.55. The molecule has 1 amide bonds. The summed E-state index contributed by atoms with van der Waals surface area (Å²) in [6.07, 6.45) is 0.743. The second-order valence-electron chi connectivity index (χ2n) is 6.05. The van der Waals surface area contributed by atoms with Gasteiger partial charge in [0.2, 0.25) is 0 Å². The second kappa shape index (κ2) is 6.28. The molecule has 0 saturated carbocycles. The van der Waals surface area contributed by atoms with Gasteiger partial charge in [-0.3, -0.25) is 4.79 Å². The number of carbonyl (C=O) groups is 1. The van der Waals surface area contributed by atoms with Crippen LogP contribution in [0.2, 0.25) is 0 Å². The number of carbonyl (C=O) groups excluding carboxylic acids is 1. The first-order valence-corrected chi connectivity index (χ1v) is 10.5. The fraction of sp³-hybridized carbons (Fsp3) is 0.500. The van der Waals surface area contributed by atoms with Gasteiger partial charge in [-0.25, -0.2) is 8.42 Å². The smallest absolute Gasteiger partial charge is 0.250 e. The van der Waals surface area contributed by atoms with Crippen LogP contribution in [-0.4, -0.2) is 42.3 Å². The molecular formula is C16H20N2O3S2. The minimum atomic E-state index is -3.02. The van der Waals surface area contributed by atoms with E-state index in [9.17, 15) is 13.2 Å². The molecule has 2 heterocycles. The molecule has 2 aliphatic rings. The van der Waals surface area contributed by atoms with Gasteiger partial charge in [0.25, 0.3) is 5.91 Å². The minimum Gasteiger partial charge on any atom is -0.316 e. The maximum absolute atomic E-state index is 12.2. The Hall–Kier alpha value is -1.34. The Morgan fingerprint density at radius 1 is 1.35 bits per heavy atom. The highest BCUT2D eigenvalue weighted by molar-refractivity contribution is 8.16. The summed E-state index contributed by atoms with van der Waals surface area (Å²) in [5.41, 5.74) is 0.889. The first-order valence-electron chi connectivity index (χ1n) is 7.75. The molecule has 3 rings (SSSR count). The molecule has 0 radical (unpaired) electrons. The second-order valence-corrected chi connectivity index (χ2v) is 9.41. The molecular weight excluding hydrogens is 332 g/mol. The predicted molar refractivity (Wildman–Crippen MR) is 94.6 cm³/mol. The first-order chi connectivity index (χ1) is 10.9. The minimum absolute atomic E-state index is 0.0521. The molecule has 1 aromatic rings. The molecule has 7 heteroatoms. The Balaban J connectivity index is 1.97. The van der Waals surface area contributed by atoms with E-state index in [1.807, 2.05) is 49.1 Å². The number of amides is 1. The summed E-state index contributed by atoms with van der Waals surface area (Å²) in [6.45, 7) is 3.82. The van der Waals surface area contributed by atoms with E-state index in [2.05, 4.69) is 4.99 Å². The Labute approximate surface area is 141 Å². The number of fused-ring (bicyclic) bond motifs is 1. The summed E-state index contributed by atoms with van der Waals surface area (Å²) >= 11 is 1.42. The van der Waals surface area contributed by atoms with Gasteiger partial charge in [-0.2, -0.15) is 4.99 Å². The van der Waals surface area contributed by atoms with E-state index in [-0.39, 0.29) is 34.6 Å². The monoisotopic (exact) mass is 352 g/mol. The van der Waals surface area contributed by atoms with Gasteiger partial charge in [-0.1, -0.05) is 43.8 Å². The number of amidine groups is 1. The average Bonchev–Trinajstić information content (AvgIpc) is 2.98. The van der Waals surface area contributed by atoms with Crippen LogP contribution in [-0.2, 0) is 14.6 Å². The van der Waals surface area contributed by atoms with Gasteiger partial charge in [0, 0.05) is 16.9 Å². The van der Waals surface area contributed by atoms with Gasteiger partial charge in [0.15, 0.2) is 15.0 Å². The van der Waals surface area contributed by atoms with Crippen LogP contribution < -0.4 is 4.90 Å². The lowest BCUT2D eigenvalue weighted by atomic mass is 10.1. The SMILES string of the molecule is CCC(C)C(=O)N=C1SC2CS(=O)(=O)CC2N1c1ccccc1. The van der Waals surface area contributed by atoms with E-state index in [0.717, 1.165) is 12.1 Å². The van der Waals surface area contributed by atoms with Crippen molar-refractivity contribution in [3.8, 4) is 0 Å². The number of sulfone groups is 1. The van der Waals surface area contributed by atoms with Crippen LogP contribution in [0.3, 0.4) is 0 Å². The molecule has 0 aliphatic carbocycles. The van der Waals surface area contributed by atoms with E-state index < -0.39 is 9.84 Å². The number of hydrogen-bond acceptors (Lipinski definition) is 4. The number of nitrogens with zero attached hydrogens (tertiary/aromatic N) is 2. The van der Waals surface area contributed by atoms with Crippen LogP contribution in [0.25, 0.3) is 0 Å². The van der Waals surface area contributed by atoms with E-state index in [1.54, 1.807) is 0 Å². The first kappa shape index (κ1) is 16.5. The molecule has 3 atom stereocenters. The molecule has 23 heavy (non-hydrogen) atoms. The molecule has 0 aromatic heterocycles. The molecule has 0 N–H and O–H groups in total. The third kappa shape index (κ3) is 3.30. The average molecular weight is 352 g/mol. The lowest BCUT2D eigenvalue weighted by Crippen LogP contribution is -2.37. The normalized spacial score (nSPS) is 28.8. The van der Waals surface area contributed by atoms with Gasteiger partial charge in [0.1, 0.15) is 0 Å². The van der Waals surface area contributed by atoms with Gasteiger partial charge in [-0.05, 0) is 18.6 Å². The Bertz CT molecular complexity index is 731. The van der Waals surface area contributed by atoms with E-state index >= 15 is 0 Å². The third-order valence-electron chi connectivity index (χ3n) is 4.34. The number of rotatable bonds is 3. The maximum Gasteiger partial charge on any atom is 0.250 e. The van der Waals surface area contributed by atoms with Gasteiger partial charge >= 0.3 is 0 Å². The Morgan fingerprint density at radius 2 is 2.04 bits per heavy atom. The summed E-state index contributed by atoms with van der Waals surface area (Å²) in [7, 11) is -3.02. The quantitative estimate of drug-likeness (QED) is 0.835.